The Bertz CT molecular complexity index is 615. The highest BCUT2D eigenvalue weighted by molar-refractivity contribution is 6.02. The van der Waals surface area contributed by atoms with Gasteiger partial charge in [-0.25, -0.2) is 4.79 Å². The van der Waals surface area contributed by atoms with Crippen LogP contribution in [-0.4, -0.2) is 35.1 Å². The molecular weight excluding hydrogens is 256 g/mol. The molecular formula is C15H18N2O3. The second kappa shape index (κ2) is 5.63. The average Bonchev–Trinajstić information content (AvgIpc) is 3.08. The summed E-state index contributed by atoms with van der Waals surface area (Å²) in [6.07, 6.45) is 2.32. The van der Waals surface area contributed by atoms with Gasteiger partial charge in [0.2, 0.25) is 0 Å². The molecule has 1 aliphatic heterocycles. The van der Waals surface area contributed by atoms with E-state index in [0.29, 0.717) is 18.8 Å². The van der Waals surface area contributed by atoms with Crippen molar-refractivity contribution in [2.45, 2.75) is 32.4 Å². The Balaban J connectivity index is 1.97. The number of rotatable bonds is 4. The van der Waals surface area contributed by atoms with Gasteiger partial charge in [-0.1, -0.05) is 18.2 Å². The van der Waals surface area contributed by atoms with E-state index in [0.717, 1.165) is 30.4 Å². The predicted octanol–water partition coefficient (Wildman–Crippen LogP) is 2.39. The van der Waals surface area contributed by atoms with E-state index in [9.17, 15) is 4.79 Å². The second-order valence-corrected chi connectivity index (χ2v) is 4.90. The van der Waals surface area contributed by atoms with Crippen LogP contribution < -0.4 is 0 Å². The summed E-state index contributed by atoms with van der Waals surface area (Å²) in [6, 6.07) is 7.73. The molecule has 2 aromatic rings. The van der Waals surface area contributed by atoms with E-state index in [1.807, 2.05) is 28.9 Å². The molecule has 1 atom stereocenters. The zero-order chi connectivity index (χ0) is 13.9. The molecule has 1 aliphatic rings. The third-order valence-corrected chi connectivity index (χ3v) is 3.53. The normalized spacial score (nSPS) is 18.6. The van der Waals surface area contributed by atoms with E-state index in [2.05, 4.69) is 5.10 Å². The van der Waals surface area contributed by atoms with Crippen LogP contribution in [0.3, 0.4) is 0 Å². The quantitative estimate of drug-likeness (QED) is 0.803. The van der Waals surface area contributed by atoms with Crippen molar-refractivity contribution in [2.75, 3.05) is 13.2 Å². The monoisotopic (exact) mass is 274 g/mol. The molecule has 1 fully saturated rings. The summed E-state index contributed by atoms with van der Waals surface area (Å²) < 4.78 is 12.6. The number of benzene rings is 1. The molecule has 0 bridgehead atoms. The van der Waals surface area contributed by atoms with E-state index in [-0.39, 0.29) is 12.1 Å². The number of nitrogens with zero attached hydrogens (tertiary/aromatic N) is 2. The largest absolute Gasteiger partial charge is 0.461 e. The topological polar surface area (TPSA) is 53.3 Å². The number of ether oxygens (including phenoxy) is 2. The molecule has 3 rings (SSSR count). The lowest BCUT2D eigenvalue weighted by Gasteiger charge is -2.09. The minimum Gasteiger partial charge on any atom is -0.461 e. The fourth-order valence-corrected chi connectivity index (χ4v) is 2.60. The average molecular weight is 274 g/mol. The summed E-state index contributed by atoms with van der Waals surface area (Å²) in [5.74, 6) is -0.366. The Kier molecular flexibility index (Phi) is 3.69. The van der Waals surface area contributed by atoms with Gasteiger partial charge in [0, 0.05) is 12.0 Å². The zero-order valence-corrected chi connectivity index (χ0v) is 11.5. The number of hydrogen-bond donors (Lipinski definition) is 0. The van der Waals surface area contributed by atoms with Gasteiger partial charge in [-0.05, 0) is 25.8 Å². The number of carbonyl (C=O) groups excluding carboxylic acids is 1. The van der Waals surface area contributed by atoms with E-state index in [4.69, 9.17) is 9.47 Å². The van der Waals surface area contributed by atoms with Gasteiger partial charge in [0.15, 0.2) is 5.69 Å². The maximum absolute atomic E-state index is 12.0. The highest BCUT2D eigenvalue weighted by atomic mass is 16.5. The lowest BCUT2D eigenvalue weighted by Crippen LogP contribution is -2.16. The van der Waals surface area contributed by atoms with E-state index in [1.54, 1.807) is 6.92 Å². The molecule has 20 heavy (non-hydrogen) atoms. The summed E-state index contributed by atoms with van der Waals surface area (Å²) in [6.45, 7) is 3.64. The molecule has 0 aliphatic carbocycles. The third kappa shape index (κ3) is 2.41. The Hall–Kier alpha value is -1.88. The molecule has 1 aromatic heterocycles. The van der Waals surface area contributed by atoms with Crippen molar-refractivity contribution in [3.8, 4) is 0 Å². The first-order valence-electron chi connectivity index (χ1n) is 7.04. The molecule has 0 radical (unpaired) electrons. The second-order valence-electron chi connectivity index (χ2n) is 4.90. The van der Waals surface area contributed by atoms with Crippen LogP contribution >= 0.6 is 0 Å². The highest BCUT2D eigenvalue weighted by Crippen LogP contribution is 2.22. The fraction of sp³-hybridized carbons (Fsp3) is 0.467. The van der Waals surface area contributed by atoms with E-state index in [1.165, 1.54) is 0 Å². The van der Waals surface area contributed by atoms with E-state index >= 15 is 0 Å². The molecule has 0 spiro atoms. The number of carbonyl (C=O) groups is 1. The molecule has 0 amide bonds. The summed E-state index contributed by atoms with van der Waals surface area (Å²) in [5.41, 5.74) is 1.34. The van der Waals surface area contributed by atoms with Crippen LogP contribution in [0, 0.1) is 0 Å². The van der Waals surface area contributed by atoms with Crippen LogP contribution in [-0.2, 0) is 16.0 Å². The summed E-state index contributed by atoms with van der Waals surface area (Å²) >= 11 is 0. The first-order chi connectivity index (χ1) is 9.79. The van der Waals surface area contributed by atoms with Gasteiger partial charge in [0.1, 0.15) is 0 Å². The predicted molar refractivity (Wildman–Crippen MR) is 74.7 cm³/mol. The summed E-state index contributed by atoms with van der Waals surface area (Å²) in [7, 11) is 0. The summed E-state index contributed by atoms with van der Waals surface area (Å²) in [4.78, 5) is 12.0. The molecule has 106 valence electrons. The number of para-hydroxylation sites is 1. The fourth-order valence-electron chi connectivity index (χ4n) is 2.60. The maximum Gasteiger partial charge on any atom is 0.359 e. The van der Waals surface area contributed by atoms with Crippen LogP contribution in [0.5, 0.6) is 0 Å². The molecule has 0 N–H and O–H groups in total. The summed E-state index contributed by atoms with van der Waals surface area (Å²) in [5, 5.41) is 5.27. The smallest absolute Gasteiger partial charge is 0.359 e. The Labute approximate surface area is 117 Å². The number of fused-ring (bicyclic) bond motifs is 1. The van der Waals surface area contributed by atoms with E-state index < -0.39 is 0 Å². The van der Waals surface area contributed by atoms with Crippen molar-refractivity contribution < 1.29 is 14.3 Å². The SMILES string of the molecule is CCOC(=O)c1nn(CC2CCCO2)c2ccccc12. The van der Waals surface area contributed by atoms with Crippen LogP contribution in [0.4, 0.5) is 0 Å². The number of hydrogen-bond acceptors (Lipinski definition) is 4. The van der Waals surface area contributed by atoms with Gasteiger partial charge >= 0.3 is 5.97 Å². The Morgan fingerprint density at radius 1 is 1.50 bits per heavy atom. The van der Waals surface area contributed by atoms with Crippen LogP contribution in [0.25, 0.3) is 10.9 Å². The highest BCUT2D eigenvalue weighted by Gasteiger charge is 2.21. The third-order valence-electron chi connectivity index (χ3n) is 3.53. The lowest BCUT2D eigenvalue weighted by molar-refractivity contribution is 0.0518. The van der Waals surface area contributed by atoms with Gasteiger partial charge in [-0.15, -0.1) is 0 Å². The molecule has 2 heterocycles. The van der Waals surface area contributed by atoms with Crippen LogP contribution in [0.2, 0.25) is 0 Å². The van der Waals surface area contributed by atoms with Gasteiger partial charge in [0.05, 0.1) is 24.8 Å². The Morgan fingerprint density at radius 2 is 2.35 bits per heavy atom. The maximum atomic E-state index is 12.0. The first-order valence-corrected chi connectivity index (χ1v) is 7.04. The minimum atomic E-state index is -0.366. The van der Waals surface area contributed by atoms with Crippen LogP contribution in [0.15, 0.2) is 24.3 Å². The lowest BCUT2D eigenvalue weighted by atomic mass is 10.2. The molecule has 0 saturated carbocycles. The van der Waals surface area contributed by atoms with Gasteiger partial charge < -0.3 is 9.47 Å². The molecule has 5 heteroatoms. The molecule has 1 unspecified atom stereocenters. The number of esters is 1. The van der Waals surface area contributed by atoms with Gasteiger partial charge in [0.25, 0.3) is 0 Å². The molecule has 1 aromatic carbocycles. The zero-order valence-electron chi connectivity index (χ0n) is 11.5. The van der Waals surface area contributed by atoms with Crippen LogP contribution in [0.1, 0.15) is 30.3 Å². The van der Waals surface area contributed by atoms with Crippen molar-refractivity contribution in [2.24, 2.45) is 0 Å². The standard InChI is InChI=1S/C15H18N2O3/c1-2-19-15(18)14-12-7-3-4-8-13(12)17(16-14)10-11-6-5-9-20-11/h3-4,7-8,11H,2,5-6,9-10H2,1H3. The van der Waals surface area contributed by atoms with Gasteiger partial charge in [-0.3, -0.25) is 4.68 Å². The van der Waals surface area contributed by atoms with Crippen molar-refractivity contribution >= 4 is 16.9 Å². The first kappa shape index (κ1) is 13.1. The minimum absolute atomic E-state index is 0.188. The Morgan fingerprint density at radius 3 is 3.10 bits per heavy atom. The molecule has 1 saturated heterocycles. The van der Waals surface area contributed by atoms with Gasteiger partial charge in [-0.2, -0.15) is 5.10 Å². The van der Waals surface area contributed by atoms with Crippen molar-refractivity contribution in [1.82, 2.24) is 9.78 Å². The number of aromatic nitrogens is 2. The van der Waals surface area contributed by atoms with Crippen molar-refractivity contribution in [1.29, 1.82) is 0 Å². The van der Waals surface area contributed by atoms with Crippen molar-refractivity contribution in [3.63, 3.8) is 0 Å². The van der Waals surface area contributed by atoms with Crippen molar-refractivity contribution in [3.05, 3.63) is 30.0 Å². The molecule has 5 nitrogen and oxygen atoms in total.